The van der Waals surface area contributed by atoms with Crippen LogP contribution in [0.1, 0.15) is 25.8 Å². The largest absolute Gasteiger partial charge is 0.372 e. The second-order valence-corrected chi connectivity index (χ2v) is 9.16. The fourth-order valence-corrected chi connectivity index (χ4v) is 5.33. The molecule has 0 spiro atoms. The van der Waals surface area contributed by atoms with Gasteiger partial charge < -0.3 is 9.64 Å². The lowest BCUT2D eigenvalue weighted by Crippen LogP contribution is -2.37. The highest BCUT2D eigenvalue weighted by Crippen LogP contribution is 2.43. The lowest BCUT2D eigenvalue weighted by atomic mass is 10.0. The van der Waals surface area contributed by atoms with Crippen LogP contribution in [-0.2, 0) is 16.0 Å². The number of benzene rings is 2. The number of likely N-dealkylation sites (tertiary alicyclic amines) is 1. The van der Waals surface area contributed by atoms with Gasteiger partial charge in [0.15, 0.2) is 0 Å². The van der Waals surface area contributed by atoms with E-state index in [0.29, 0.717) is 21.5 Å². The maximum atomic E-state index is 13.1. The first-order valence-corrected chi connectivity index (χ1v) is 10.6. The van der Waals surface area contributed by atoms with E-state index in [2.05, 4.69) is 13.8 Å². The van der Waals surface area contributed by atoms with Crippen LogP contribution in [0.25, 0.3) is 11.1 Å². The van der Waals surface area contributed by atoms with Crippen molar-refractivity contribution in [2.24, 2.45) is 0 Å². The molecule has 2 aromatic carbocycles. The molecule has 3 unspecified atom stereocenters. The van der Waals surface area contributed by atoms with E-state index in [1.807, 2.05) is 29.2 Å². The van der Waals surface area contributed by atoms with E-state index in [9.17, 15) is 9.18 Å². The highest BCUT2D eigenvalue weighted by Gasteiger charge is 2.43. The van der Waals surface area contributed by atoms with E-state index >= 15 is 0 Å². The first kappa shape index (κ1) is 20.0. The molecule has 3 atom stereocenters. The van der Waals surface area contributed by atoms with Crippen molar-refractivity contribution in [2.45, 2.75) is 38.1 Å². The molecule has 1 aliphatic rings. The number of halogens is 1. The quantitative estimate of drug-likeness (QED) is 0.673. The second kappa shape index (κ2) is 8.50. The van der Waals surface area contributed by atoms with Crippen molar-refractivity contribution >= 4 is 14.5 Å². The average Bonchev–Trinajstić information content (AvgIpc) is 3.00. The van der Waals surface area contributed by atoms with Crippen LogP contribution in [0.15, 0.2) is 48.5 Å². The van der Waals surface area contributed by atoms with Gasteiger partial charge in [0, 0.05) is 19.6 Å². The number of ether oxygens (including phenoxy) is 1. The Hall–Kier alpha value is -1.77. The van der Waals surface area contributed by atoms with E-state index in [1.54, 1.807) is 19.2 Å². The molecule has 1 aliphatic heterocycles. The number of carbonyl (C=O) groups excluding carboxylic acids is 1. The number of nitrogens with zero attached hydrogens (tertiary/aromatic N) is 1. The van der Waals surface area contributed by atoms with E-state index in [-0.39, 0.29) is 23.1 Å². The topological polar surface area (TPSA) is 29.5 Å². The van der Waals surface area contributed by atoms with Gasteiger partial charge in [-0.05, 0) is 41.9 Å². The summed E-state index contributed by atoms with van der Waals surface area (Å²) >= 11 is 0. The Bertz CT molecular complexity index is 778. The minimum Gasteiger partial charge on any atom is -0.372 e. The summed E-state index contributed by atoms with van der Waals surface area (Å²) < 4.78 is 18.9. The van der Waals surface area contributed by atoms with Crippen molar-refractivity contribution in [3.63, 3.8) is 0 Å². The predicted octanol–water partition coefficient (Wildman–Crippen LogP) is 4.70. The molecule has 0 bridgehead atoms. The third-order valence-electron chi connectivity index (χ3n) is 5.28. The summed E-state index contributed by atoms with van der Waals surface area (Å²) in [6.07, 6.45) is 2.38. The number of amides is 1. The molecule has 0 aliphatic carbocycles. The summed E-state index contributed by atoms with van der Waals surface area (Å²) in [5.41, 5.74) is 2.97. The minimum atomic E-state index is -0.239. The predicted molar refractivity (Wildman–Crippen MR) is 110 cm³/mol. The van der Waals surface area contributed by atoms with Crippen molar-refractivity contribution in [3.05, 3.63) is 59.9 Å². The van der Waals surface area contributed by atoms with Gasteiger partial charge in [0.2, 0.25) is 5.91 Å². The van der Waals surface area contributed by atoms with E-state index < -0.39 is 0 Å². The summed E-state index contributed by atoms with van der Waals surface area (Å²) in [7, 11) is 2.47. The first-order valence-electron chi connectivity index (χ1n) is 9.41. The van der Waals surface area contributed by atoms with Gasteiger partial charge in [0.25, 0.3) is 0 Å². The molecule has 3 rings (SSSR count). The molecule has 1 saturated heterocycles. The summed E-state index contributed by atoms with van der Waals surface area (Å²) in [4.78, 5) is 14.8. The number of rotatable bonds is 6. The van der Waals surface area contributed by atoms with Crippen LogP contribution in [0.4, 0.5) is 4.39 Å². The Balaban J connectivity index is 1.66. The molecule has 3 nitrogen and oxygen atoms in total. The van der Waals surface area contributed by atoms with Crippen LogP contribution in [0.3, 0.4) is 0 Å². The highest BCUT2D eigenvalue weighted by molar-refractivity contribution is 7.39. The molecule has 144 valence electrons. The zero-order valence-corrected chi connectivity index (χ0v) is 17.2. The van der Waals surface area contributed by atoms with Crippen LogP contribution in [0.5, 0.6) is 0 Å². The van der Waals surface area contributed by atoms with Gasteiger partial charge >= 0.3 is 0 Å². The first-order chi connectivity index (χ1) is 13.0. The summed E-state index contributed by atoms with van der Waals surface area (Å²) in [6.45, 7) is 4.96. The molecular formula is C22H27FNO2P. The number of hydrogen-bond acceptors (Lipinski definition) is 2. The normalized spacial score (nSPS) is 22.7. The Morgan fingerprint density at radius 1 is 1.19 bits per heavy atom. The Labute approximate surface area is 162 Å². The maximum absolute atomic E-state index is 13.1. The van der Waals surface area contributed by atoms with Crippen LogP contribution >= 0.6 is 8.58 Å². The fourth-order valence-electron chi connectivity index (χ4n) is 3.82. The molecule has 1 fully saturated rings. The smallest absolute Gasteiger partial charge is 0.227 e. The van der Waals surface area contributed by atoms with Crippen LogP contribution in [0.2, 0.25) is 0 Å². The zero-order valence-electron chi connectivity index (χ0n) is 16.2. The summed E-state index contributed by atoms with van der Waals surface area (Å²) in [5.74, 6) is -0.0895. The van der Waals surface area contributed by atoms with Crippen LogP contribution < -0.4 is 0 Å². The van der Waals surface area contributed by atoms with Crippen molar-refractivity contribution in [1.29, 1.82) is 0 Å². The van der Waals surface area contributed by atoms with Crippen molar-refractivity contribution in [3.8, 4) is 11.1 Å². The molecule has 2 aromatic rings. The molecular weight excluding hydrogens is 360 g/mol. The van der Waals surface area contributed by atoms with Gasteiger partial charge in [-0.1, -0.05) is 51.9 Å². The molecule has 0 radical (unpaired) electrons. The number of hydrogen-bond donors (Lipinski definition) is 0. The second-order valence-electron chi connectivity index (χ2n) is 7.18. The zero-order chi connectivity index (χ0) is 19.4. The van der Waals surface area contributed by atoms with Gasteiger partial charge in [-0.3, -0.25) is 4.79 Å². The molecule has 1 amide bonds. The average molecular weight is 387 g/mol. The lowest BCUT2D eigenvalue weighted by Gasteiger charge is -2.27. The monoisotopic (exact) mass is 387 g/mol. The third-order valence-corrected chi connectivity index (χ3v) is 6.84. The SMILES string of the molecule is CCPC1(OC)CC(C)N(C(=O)Cc2ccc(-c3ccc(F)cc3)cc2)C1. The Morgan fingerprint density at radius 2 is 1.78 bits per heavy atom. The van der Waals surface area contributed by atoms with Crippen LogP contribution in [-0.4, -0.2) is 42.0 Å². The molecule has 0 saturated carbocycles. The van der Waals surface area contributed by atoms with Gasteiger partial charge in [0.05, 0.1) is 13.0 Å². The third kappa shape index (κ3) is 4.56. The van der Waals surface area contributed by atoms with Gasteiger partial charge in [0.1, 0.15) is 11.2 Å². The van der Waals surface area contributed by atoms with Crippen molar-refractivity contribution in [2.75, 3.05) is 19.8 Å². The minimum absolute atomic E-state index is 0.150. The Morgan fingerprint density at radius 3 is 2.33 bits per heavy atom. The molecule has 1 heterocycles. The number of methoxy groups -OCH3 is 1. The molecule has 0 N–H and O–H groups in total. The maximum Gasteiger partial charge on any atom is 0.227 e. The van der Waals surface area contributed by atoms with Gasteiger partial charge in [-0.2, -0.15) is 0 Å². The van der Waals surface area contributed by atoms with Gasteiger partial charge in [-0.25, -0.2) is 4.39 Å². The van der Waals surface area contributed by atoms with Crippen molar-refractivity contribution in [1.82, 2.24) is 4.90 Å². The summed E-state index contributed by atoms with van der Waals surface area (Å²) in [6, 6.07) is 14.6. The fraction of sp³-hybridized carbons (Fsp3) is 0.409. The van der Waals surface area contributed by atoms with Crippen LogP contribution in [0, 0.1) is 5.82 Å². The molecule has 5 heteroatoms. The molecule has 0 aromatic heterocycles. The standard InChI is InChI=1S/C22H27FNO2P/c1-4-27-22(26-3)14-16(2)24(15-22)21(25)13-17-5-7-18(8-6-17)19-9-11-20(23)12-10-19/h5-12,16,27H,4,13-15H2,1-3H3. The van der Waals surface area contributed by atoms with Crippen molar-refractivity contribution < 1.29 is 13.9 Å². The van der Waals surface area contributed by atoms with E-state index in [0.717, 1.165) is 29.3 Å². The number of carbonyl (C=O) groups is 1. The van der Waals surface area contributed by atoms with E-state index in [4.69, 9.17) is 4.74 Å². The van der Waals surface area contributed by atoms with E-state index in [1.165, 1.54) is 12.1 Å². The summed E-state index contributed by atoms with van der Waals surface area (Å²) in [5, 5.41) is -0.170. The van der Waals surface area contributed by atoms with Gasteiger partial charge in [-0.15, -0.1) is 0 Å². The lowest BCUT2D eigenvalue weighted by molar-refractivity contribution is -0.131. The Kier molecular flexibility index (Phi) is 6.29. The highest BCUT2D eigenvalue weighted by atomic mass is 31.1. The molecule has 27 heavy (non-hydrogen) atoms.